The van der Waals surface area contributed by atoms with Crippen molar-refractivity contribution in [2.45, 2.75) is 40.5 Å². The molecule has 2 nitrogen and oxygen atoms in total. The highest BCUT2D eigenvalue weighted by Gasteiger charge is 1.90. The van der Waals surface area contributed by atoms with Crippen molar-refractivity contribution in [3.8, 4) is 0 Å². The lowest BCUT2D eigenvalue weighted by atomic mass is 10.2. The van der Waals surface area contributed by atoms with Crippen molar-refractivity contribution in [2.75, 3.05) is 13.6 Å². The smallest absolute Gasteiger partial charge is 0.136 e. The lowest BCUT2D eigenvalue weighted by Gasteiger charge is -1.89. The molecule has 14 heavy (non-hydrogen) atoms. The molecule has 86 valence electrons. The maximum absolute atomic E-state index is 10.7. The Labute approximate surface area is 90.3 Å². The van der Waals surface area contributed by atoms with Crippen molar-refractivity contribution in [2.24, 2.45) is 5.92 Å². The van der Waals surface area contributed by atoms with Crippen molar-refractivity contribution in [3.05, 3.63) is 12.2 Å². The monoisotopic (exact) mass is 201 g/mol. The summed E-state index contributed by atoms with van der Waals surface area (Å²) < 4.78 is 0. The average Bonchev–Trinajstić information content (AvgIpc) is 2.11. The third-order valence-electron chi connectivity index (χ3n) is 1.23. The highest BCUT2D eigenvalue weighted by molar-refractivity contribution is 5.79. The van der Waals surface area contributed by atoms with Gasteiger partial charge in [0.1, 0.15) is 5.78 Å². The maximum atomic E-state index is 10.7. The van der Waals surface area contributed by atoms with E-state index in [0.29, 0.717) is 18.6 Å². The molecule has 0 bridgehead atoms. The number of allylic oxidation sites excluding steroid dienone is 1. The fourth-order valence-corrected chi connectivity index (χ4v) is 0.560. The highest BCUT2D eigenvalue weighted by atomic mass is 16.1. The van der Waals surface area contributed by atoms with Crippen LogP contribution in [-0.2, 0) is 4.79 Å². The van der Waals surface area contributed by atoms with E-state index in [2.05, 4.69) is 26.1 Å². The van der Waals surface area contributed by atoms with Crippen LogP contribution in [0.15, 0.2) is 12.2 Å². The summed E-state index contributed by atoms with van der Waals surface area (Å²) in [5, 5.41) is 2.96. The molecule has 0 rings (SSSR count). The van der Waals surface area contributed by atoms with Gasteiger partial charge in [0, 0.05) is 20.8 Å². The first kappa shape index (κ1) is 15.8. The molecular formula is C12H27NO. The topological polar surface area (TPSA) is 29.1 Å². The van der Waals surface area contributed by atoms with Crippen molar-refractivity contribution < 1.29 is 6.22 Å². The quantitative estimate of drug-likeness (QED) is 0.693. The van der Waals surface area contributed by atoms with Crippen LogP contribution in [0, 0.1) is 5.92 Å². The zero-order valence-electron chi connectivity index (χ0n) is 10.3. The molecule has 0 atom stereocenters. The van der Waals surface area contributed by atoms with Crippen LogP contribution in [0.2, 0.25) is 0 Å². The van der Waals surface area contributed by atoms with Crippen LogP contribution in [0.25, 0.3) is 0 Å². The van der Waals surface area contributed by atoms with Crippen LogP contribution < -0.4 is 5.32 Å². The first-order valence-corrected chi connectivity index (χ1v) is 5.35. The first-order chi connectivity index (χ1) is 6.54. The van der Waals surface area contributed by atoms with Gasteiger partial charge in [-0.25, -0.2) is 0 Å². The van der Waals surface area contributed by atoms with Crippen molar-refractivity contribution in [3.63, 3.8) is 0 Å². The number of nitrogens with one attached hydrogen (secondary N) is 1. The van der Waals surface area contributed by atoms with E-state index in [4.69, 9.17) is 0 Å². The Hall–Kier alpha value is -0.630. The molecule has 0 amide bonds. The first-order valence-electron chi connectivity index (χ1n) is 5.35. The number of rotatable bonds is 5. The summed E-state index contributed by atoms with van der Waals surface area (Å²) >= 11 is 0. The van der Waals surface area contributed by atoms with Gasteiger partial charge in [-0.15, -0.1) is 0 Å². The maximum Gasteiger partial charge on any atom is 0.136 e. The second kappa shape index (κ2) is 12.4. The van der Waals surface area contributed by atoms with Gasteiger partial charge in [0.05, 0.1) is 0 Å². The molecular weight excluding hydrogens is 174 g/mol. The number of ketones is 1. The molecule has 0 aromatic heterocycles. The van der Waals surface area contributed by atoms with E-state index >= 15 is 0 Å². The van der Waals surface area contributed by atoms with Crippen LogP contribution in [0.4, 0.5) is 0 Å². The molecule has 0 heterocycles. The minimum Gasteiger partial charge on any atom is -0.316 e. The van der Waals surface area contributed by atoms with Gasteiger partial charge in [-0.3, -0.25) is 4.79 Å². The Balaban J connectivity index is -0.000000249. The predicted molar refractivity (Wildman–Crippen MR) is 65.6 cm³/mol. The standard InChI is InChI=1S/C8H15NO.C4H10.H2/c1-3-8(10)6-4-5-7-9-2;1-4(2)3;/h4-5,9H,3,6-7H2,1-2H3;4H,1-3H3;1H/b5-4+;;. The molecule has 0 radical (unpaired) electrons. The van der Waals surface area contributed by atoms with E-state index in [1.165, 1.54) is 0 Å². The molecule has 0 aliphatic heterocycles. The molecule has 1 N–H and O–H groups in total. The molecule has 0 unspecified atom stereocenters. The van der Waals surface area contributed by atoms with E-state index in [-0.39, 0.29) is 1.43 Å². The number of hydrogen-bond acceptors (Lipinski definition) is 2. The Morgan fingerprint density at radius 2 is 1.86 bits per heavy atom. The Morgan fingerprint density at radius 3 is 2.21 bits per heavy atom. The van der Waals surface area contributed by atoms with Crippen LogP contribution in [0.1, 0.15) is 42.0 Å². The van der Waals surface area contributed by atoms with Crippen LogP contribution in [-0.4, -0.2) is 19.4 Å². The van der Waals surface area contributed by atoms with Crippen LogP contribution in [0.3, 0.4) is 0 Å². The van der Waals surface area contributed by atoms with E-state index in [0.717, 1.165) is 12.5 Å². The largest absolute Gasteiger partial charge is 0.316 e. The molecule has 0 aromatic rings. The summed E-state index contributed by atoms with van der Waals surface area (Å²) in [7, 11) is 1.88. The van der Waals surface area contributed by atoms with Gasteiger partial charge in [0.2, 0.25) is 0 Å². The van der Waals surface area contributed by atoms with E-state index < -0.39 is 0 Å². The van der Waals surface area contributed by atoms with Crippen LogP contribution >= 0.6 is 0 Å². The third kappa shape index (κ3) is 22.5. The average molecular weight is 201 g/mol. The number of likely N-dealkylation sites (N-methyl/N-ethyl adjacent to an activating group) is 1. The Kier molecular flexibility index (Phi) is 14.0. The second-order valence-corrected chi connectivity index (χ2v) is 3.86. The lowest BCUT2D eigenvalue weighted by molar-refractivity contribution is -0.117. The summed E-state index contributed by atoms with van der Waals surface area (Å²) in [4.78, 5) is 10.7. The molecule has 0 aliphatic rings. The molecule has 0 spiro atoms. The minimum atomic E-state index is 0. The van der Waals surface area contributed by atoms with Crippen molar-refractivity contribution in [1.29, 1.82) is 0 Å². The minimum absolute atomic E-state index is 0. The summed E-state index contributed by atoms with van der Waals surface area (Å²) in [6, 6.07) is 0. The Morgan fingerprint density at radius 1 is 1.36 bits per heavy atom. The van der Waals surface area contributed by atoms with E-state index in [9.17, 15) is 4.79 Å². The SMILES string of the molecule is CC(C)C.CCC(=O)C/C=C/CNC.[HH]. The zero-order valence-corrected chi connectivity index (χ0v) is 10.3. The molecule has 0 fully saturated rings. The summed E-state index contributed by atoms with van der Waals surface area (Å²) in [5.41, 5.74) is 0. The number of Topliss-reactive ketones (excluding diaryl/α,β-unsaturated/α-hetero) is 1. The van der Waals surface area contributed by atoms with Gasteiger partial charge in [-0.1, -0.05) is 39.8 Å². The van der Waals surface area contributed by atoms with Crippen LogP contribution in [0.5, 0.6) is 0 Å². The van der Waals surface area contributed by atoms with Gasteiger partial charge in [0.25, 0.3) is 0 Å². The molecule has 2 heteroatoms. The summed E-state index contributed by atoms with van der Waals surface area (Å²) in [5.74, 6) is 1.13. The lowest BCUT2D eigenvalue weighted by Crippen LogP contribution is -2.04. The number of carbonyl (C=O) groups is 1. The van der Waals surface area contributed by atoms with E-state index in [1.54, 1.807) is 0 Å². The van der Waals surface area contributed by atoms with Gasteiger partial charge in [-0.05, 0) is 13.0 Å². The fourth-order valence-electron chi connectivity index (χ4n) is 0.560. The summed E-state index contributed by atoms with van der Waals surface area (Å²) in [6.07, 6.45) is 5.10. The zero-order chi connectivity index (χ0) is 11.4. The Bertz CT molecular complexity index is 153. The molecule has 0 aliphatic carbocycles. The van der Waals surface area contributed by atoms with Gasteiger partial charge in [0.15, 0.2) is 0 Å². The number of hydrogen-bond donors (Lipinski definition) is 1. The van der Waals surface area contributed by atoms with Gasteiger partial charge in [-0.2, -0.15) is 0 Å². The predicted octanol–water partition coefficient (Wildman–Crippen LogP) is 3.04. The number of carbonyl (C=O) groups excluding carboxylic acids is 1. The fraction of sp³-hybridized carbons (Fsp3) is 0.750. The normalized spacial score (nSPS) is 10.1. The van der Waals surface area contributed by atoms with Gasteiger partial charge < -0.3 is 5.32 Å². The second-order valence-electron chi connectivity index (χ2n) is 3.86. The van der Waals surface area contributed by atoms with Crippen molar-refractivity contribution >= 4 is 5.78 Å². The summed E-state index contributed by atoms with van der Waals surface area (Å²) in [6.45, 7) is 9.23. The van der Waals surface area contributed by atoms with Gasteiger partial charge >= 0.3 is 0 Å². The van der Waals surface area contributed by atoms with E-state index in [1.807, 2.05) is 26.1 Å². The molecule has 0 saturated carbocycles. The third-order valence-corrected chi connectivity index (χ3v) is 1.23. The highest BCUT2D eigenvalue weighted by Crippen LogP contribution is 1.89. The van der Waals surface area contributed by atoms with Crippen molar-refractivity contribution in [1.82, 2.24) is 5.32 Å². The molecule has 0 saturated heterocycles. The molecule has 0 aromatic carbocycles.